The maximum absolute atomic E-state index is 13.5. The van der Waals surface area contributed by atoms with Gasteiger partial charge in [0.05, 0.1) is 28.1 Å². The molecule has 0 saturated heterocycles. The first-order valence-electron chi connectivity index (χ1n) is 14.3. The Hall–Kier alpha value is -6.52. The maximum Gasteiger partial charge on any atom is 0.513 e. The number of benzene rings is 3. The van der Waals surface area contributed by atoms with Gasteiger partial charge in [-0.05, 0) is 35.9 Å². The van der Waals surface area contributed by atoms with Gasteiger partial charge in [0.1, 0.15) is 12.4 Å². The second kappa shape index (κ2) is 14.7. The van der Waals surface area contributed by atoms with Crippen LogP contribution in [0.3, 0.4) is 0 Å². The van der Waals surface area contributed by atoms with Crippen LogP contribution in [0.4, 0.5) is 29.6 Å². The van der Waals surface area contributed by atoms with Crippen LogP contribution in [0, 0.1) is 0 Å². The Morgan fingerprint density at radius 3 is 2.06 bits per heavy atom. The molecule has 14 nitrogen and oxygen atoms in total. The van der Waals surface area contributed by atoms with Crippen LogP contribution in [-0.2, 0) is 25.9 Å². The first-order valence-corrected chi connectivity index (χ1v) is 14.3. The lowest BCUT2D eigenvalue weighted by atomic mass is 9.81. The molecule has 3 aromatic carbocycles. The standard InChI is InChI=1S/C33H28F3N5O9/c1-37-30-38-16-23(25(40-30)18-9-11-20(12-10-18)33(34,35)36)26(42)39-24-14-13-21(15-22(24)27(43)41(2)3)50-31(48)49-17-32(28(44)45,29(46)47)19-7-5-4-6-8-19/h4-16H,17H2,1-3H3,(H,39,42)(H,44,45)(H,46,47)(H,37,38,40). The SMILES string of the molecule is CNc1ncc(C(=O)Nc2ccc(OC(=O)OCC(C(=O)O)(C(=O)O)c3ccccc3)cc2C(=O)N(C)C)c(-c2ccc(C(F)(F)F)cc2)n1. The predicted molar refractivity (Wildman–Crippen MR) is 170 cm³/mol. The number of hydrogen-bond acceptors (Lipinski definition) is 10. The Bertz CT molecular complexity index is 1920. The van der Waals surface area contributed by atoms with Crippen LogP contribution in [0.25, 0.3) is 11.3 Å². The summed E-state index contributed by atoms with van der Waals surface area (Å²) < 4.78 is 49.5. The van der Waals surface area contributed by atoms with Crippen molar-refractivity contribution >= 4 is 41.5 Å². The van der Waals surface area contributed by atoms with Gasteiger partial charge in [0, 0.05) is 32.9 Å². The van der Waals surface area contributed by atoms with Crippen LogP contribution < -0.4 is 15.4 Å². The summed E-state index contributed by atoms with van der Waals surface area (Å²) in [6.07, 6.45) is -4.94. The molecule has 260 valence electrons. The first-order chi connectivity index (χ1) is 23.6. The lowest BCUT2D eigenvalue weighted by Gasteiger charge is -2.24. The van der Waals surface area contributed by atoms with Crippen molar-refractivity contribution in [1.82, 2.24) is 14.9 Å². The van der Waals surface area contributed by atoms with Gasteiger partial charge in [0.15, 0.2) is 0 Å². The Morgan fingerprint density at radius 2 is 1.50 bits per heavy atom. The van der Waals surface area contributed by atoms with Crippen LogP contribution >= 0.6 is 0 Å². The molecule has 2 amide bonds. The van der Waals surface area contributed by atoms with E-state index in [9.17, 15) is 47.4 Å². The van der Waals surface area contributed by atoms with Gasteiger partial charge in [0.2, 0.25) is 11.4 Å². The molecular formula is C33H28F3N5O9. The third kappa shape index (κ3) is 7.78. The number of carboxylic acid groups (broad SMARTS) is 2. The minimum absolute atomic E-state index is 0.0203. The van der Waals surface area contributed by atoms with E-state index in [1.165, 1.54) is 63.6 Å². The van der Waals surface area contributed by atoms with Crippen LogP contribution in [0.15, 0.2) is 79.0 Å². The summed E-state index contributed by atoms with van der Waals surface area (Å²) in [5.74, 6) is -5.32. The average molecular weight is 696 g/mol. The van der Waals surface area contributed by atoms with E-state index >= 15 is 0 Å². The molecule has 0 aliphatic heterocycles. The van der Waals surface area contributed by atoms with Gasteiger partial charge in [-0.3, -0.25) is 19.2 Å². The Balaban J connectivity index is 1.61. The number of alkyl halides is 3. The van der Waals surface area contributed by atoms with Crippen molar-refractivity contribution in [1.29, 1.82) is 0 Å². The zero-order valence-electron chi connectivity index (χ0n) is 26.4. The highest BCUT2D eigenvalue weighted by molar-refractivity contribution is 6.11. The van der Waals surface area contributed by atoms with Crippen LogP contribution in [0.5, 0.6) is 5.75 Å². The zero-order chi connectivity index (χ0) is 36.8. The summed E-state index contributed by atoms with van der Waals surface area (Å²) in [7, 11) is 4.32. The van der Waals surface area contributed by atoms with Crippen molar-refractivity contribution in [2.45, 2.75) is 11.6 Å². The molecule has 0 saturated carbocycles. The zero-order valence-corrected chi connectivity index (χ0v) is 26.4. The smallest absolute Gasteiger partial charge is 0.480 e. The van der Waals surface area contributed by atoms with E-state index in [2.05, 4.69) is 20.6 Å². The molecule has 17 heteroatoms. The van der Waals surface area contributed by atoms with Gasteiger partial charge >= 0.3 is 24.3 Å². The fourth-order valence-corrected chi connectivity index (χ4v) is 4.57. The summed E-state index contributed by atoms with van der Waals surface area (Å²) in [5, 5.41) is 24.8. The van der Waals surface area contributed by atoms with Crippen molar-refractivity contribution < 1.29 is 56.8 Å². The number of ether oxygens (including phenoxy) is 2. The van der Waals surface area contributed by atoms with Crippen molar-refractivity contribution in [3.8, 4) is 17.0 Å². The Kier molecular flexibility index (Phi) is 10.7. The normalized spacial score (nSPS) is 11.2. The molecule has 0 atom stereocenters. The highest BCUT2D eigenvalue weighted by Gasteiger charge is 2.50. The number of amides is 2. The fraction of sp³-hybridized carbons (Fsp3) is 0.182. The van der Waals surface area contributed by atoms with Gasteiger partial charge < -0.3 is 35.2 Å². The van der Waals surface area contributed by atoms with Gasteiger partial charge in [-0.15, -0.1) is 0 Å². The Labute approximate surface area is 281 Å². The third-order valence-corrected chi connectivity index (χ3v) is 7.22. The fourth-order valence-electron chi connectivity index (χ4n) is 4.57. The molecule has 0 unspecified atom stereocenters. The van der Waals surface area contributed by atoms with Crippen LogP contribution in [-0.4, -0.2) is 82.7 Å². The van der Waals surface area contributed by atoms with Crippen LogP contribution in [0.2, 0.25) is 0 Å². The van der Waals surface area contributed by atoms with E-state index in [0.29, 0.717) is 0 Å². The largest absolute Gasteiger partial charge is 0.513 e. The molecule has 4 N–H and O–H groups in total. The lowest BCUT2D eigenvalue weighted by molar-refractivity contribution is -0.160. The second-order valence-corrected chi connectivity index (χ2v) is 10.7. The van der Waals surface area contributed by atoms with Crippen molar-refractivity contribution in [2.24, 2.45) is 0 Å². The van der Waals surface area contributed by atoms with E-state index in [4.69, 9.17) is 9.47 Å². The monoisotopic (exact) mass is 695 g/mol. The number of aliphatic carboxylic acids is 2. The number of carbonyl (C=O) groups is 5. The quantitative estimate of drug-likeness (QED) is 0.0953. The molecule has 1 heterocycles. The number of aromatic nitrogens is 2. The Morgan fingerprint density at radius 1 is 0.860 bits per heavy atom. The van der Waals surface area contributed by atoms with Gasteiger partial charge in [-0.1, -0.05) is 42.5 Å². The molecule has 1 aromatic heterocycles. The second-order valence-electron chi connectivity index (χ2n) is 10.7. The van der Waals surface area contributed by atoms with Gasteiger partial charge in [-0.2, -0.15) is 13.2 Å². The number of carboxylic acids is 2. The van der Waals surface area contributed by atoms with Gasteiger partial charge in [0.25, 0.3) is 11.8 Å². The van der Waals surface area contributed by atoms with E-state index in [-0.39, 0.29) is 45.3 Å². The highest BCUT2D eigenvalue weighted by atomic mass is 19.4. The van der Waals surface area contributed by atoms with Crippen molar-refractivity contribution in [3.05, 3.63) is 101 Å². The number of nitrogens with one attached hydrogen (secondary N) is 2. The number of halogens is 3. The molecule has 0 aliphatic carbocycles. The minimum atomic E-state index is -4.59. The molecule has 0 spiro atoms. The van der Waals surface area contributed by atoms with Crippen LogP contribution in [0.1, 0.15) is 31.8 Å². The molecular weight excluding hydrogens is 667 g/mol. The molecule has 50 heavy (non-hydrogen) atoms. The lowest BCUT2D eigenvalue weighted by Crippen LogP contribution is -2.48. The minimum Gasteiger partial charge on any atom is -0.480 e. The number of carbonyl (C=O) groups excluding carboxylic acids is 3. The molecule has 4 rings (SSSR count). The number of nitrogens with zero attached hydrogens (tertiary/aromatic N) is 3. The number of anilines is 2. The number of hydrogen-bond donors (Lipinski definition) is 4. The third-order valence-electron chi connectivity index (χ3n) is 7.22. The number of rotatable bonds is 11. The van der Waals surface area contributed by atoms with E-state index in [0.717, 1.165) is 41.4 Å². The maximum atomic E-state index is 13.5. The summed E-state index contributed by atoms with van der Waals surface area (Å²) >= 11 is 0. The molecule has 0 radical (unpaired) electrons. The van der Waals surface area contributed by atoms with Gasteiger partial charge in [-0.25, -0.2) is 14.8 Å². The highest BCUT2D eigenvalue weighted by Crippen LogP contribution is 2.32. The topological polar surface area (TPSA) is 197 Å². The summed E-state index contributed by atoms with van der Waals surface area (Å²) in [6, 6.07) is 14.3. The molecule has 4 aromatic rings. The summed E-state index contributed by atoms with van der Waals surface area (Å²) in [6.45, 7) is -1.15. The van der Waals surface area contributed by atoms with Crippen molar-refractivity contribution in [2.75, 3.05) is 38.4 Å². The molecule has 0 bridgehead atoms. The predicted octanol–water partition coefficient (Wildman–Crippen LogP) is 4.78. The summed E-state index contributed by atoms with van der Waals surface area (Å²) in [4.78, 5) is 72.9. The average Bonchev–Trinajstić information content (AvgIpc) is 3.08. The summed E-state index contributed by atoms with van der Waals surface area (Å²) in [5.41, 5.74) is -4.02. The van der Waals surface area contributed by atoms with E-state index in [1.54, 1.807) is 0 Å². The van der Waals surface area contributed by atoms with E-state index < -0.39 is 53.7 Å². The molecule has 0 aliphatic rings. The van der Waals surface area contributed by atoms with E-state index in [1.807, 2.05) is 0 Å². The van der Waals surface area contributed by atoms with Crippen molar-refractivity contribution in [3.63, 3.8) is 0 Å². The first kappa shape index (κ1) is 36.3. The molecule has 0 fully saturated rings.